The second-order valence-electron chi connectivity index (χ2n) is 5.48. The Labute approximate surface area is 124 Å². The minimum Gasteiger partial charge on any atom is -0.369 e. The molecule has 2 heterocycles. The van der Waals surface area contributed by atoms with Crippen LogP contribution >= 0.6 is 15.9 Å². The number of aromatic nitrogens is 2. The van der Waals surface area contributed by atoms with Crippen molar-refractivity contribution in [2.45, 2.75) is 33.6 Å². The van der Waals surface area contributed by atoms with Crippen LogP contribution < -0.4 is 10.2 Å². The molecule has 2 rings (SSSR count). The molecule has 0 bridgehead atoms. The Bertz CT molecular complexity index is 424. The van der Waals surface area contributed by atoms with Crippen molar-refractivity contribution in [3.05, 3.63) is 10.8 Å². The van der Waals surface area contributed by atoms with Gasteiger partial charge in [-0.15, -0.1) is 0 Å². The molecule has 0 aromatic carbocycles. The molecule has 0 aliphatic carbocycles. The van der Waals surface area contributed by atoms with Crippen molar-refractivity contribution in [2.24, 2.45) is 11.8 Å². The van der Waals surface area contributed by atoms with E-state index in [4.69, 9.17) is 0 Å². The highest BCUT2D eigenvalue weighted by atomic mass is 79.9. The quantitative estimate of drug-likeness (QED) is 0.918. The average Bonchev–Trinajstić information content (AvgIpc) is 2.41. The first-order chi connectivity index (χ1) is 9.13. The highest BCUT2D eigenvalue weighted by molar-refractivity contribution is 9.10. The third-order valence-corrected chi connectivity index (χ3v) is 4.68. The number of nitrogens with one attached hydrogen (secondary N) is 1. The minimum atomic E-state index is 0.711. The summed E-state index contributed by atoms with van der Waals surface area (Å²) < 4.78 is 0.991. The Morgan fingerprint density at radius 2 is 2.16 bits per heavy atom. The number of hydrogen-bond acceptors (Lipinski definition) is 4. The van der Waals surface area contributed by atoms with Crippen LogP contribution in [0.3, 0.4) is 0 Å². The van der Waals surface area contributed by atoms with Gasteiger partial charge in [-0.05, 0) is 40.6 Å². The van der Waals surface area contributed by atoms with Crippen molar-refractivity contribution in [3.8, 4) is 0 Å². The minimum absolute atomic E-state index is 0.711. The van der Waals surface area contributed by atoms with Gasteiger partial charge in [-0.2, -0.15) is 0 Å². The van der Waals surface area contributed by atoms with Crippen molar-refractivity contribution in [2.75, 3.05) is 29.9 Å². The highest BCUT2D eigenvalue weighted by Gasteiger charge is 2.25. The second-order valence-corrected chi connectivity index (χ2v) is 6.27. The highest BCUT2D eigenvalue weighted by Crippen LogP contribution is 2.33. The molecule has 2 atom stereocenters. The average molecular weight is 327 g/mol. The van der Waals surface area contributed by atoms with E-state index < -0.39 is 0 Å². The third kappa shape index (κ3) is 3.38. The molecule has 1 aliphatic heterocycles. The molecule has 0 spiro atoms. The van der Waals surface area contributed by atoms with Gasteiger partial charge in [0.15, 0.2) is 0 Å². The van der Waals surface area contributed by atoms with Crippen LogP contribution in [0.15, 0.2) is 10.8 Å². The third-order valence-electron chi connectivity index (χ3n) is 3.95. The number of halogens is 1. The molecular formula is C14H23BrN4. The molecule has 0 saturated carbocycles. The Hall–Kier alpha value is -0.840. The van der Waals surface area contributed by atoms with Crippen molar-refractivity contribution < 1.29 is 0 Å². The van der Waals surface area contributed by atoms with E-state index in [1.807, 2.05) is 0 Å². The lowest BCUT2D eigenvalue weighted by molar-refractivity contribution is 0.322. The number of nitrogens with zero attached hydrogens (tertiary/aromatic N) is 3. The summed E-state index contributed by atoms with van der Waals surface area (Å²) in [7, 11) is 0. The van der Waals surface area contributed by atoms with Crippen molar-refractivity contribution in [1.82, 2.24) is 9.97 Å². The van der Waals surface area contributed by atoms with Gasteiger partial charge >= 0.3 is 0 Å². The smallest absolute Gasteiger partial charge is 0.148 e. The molecule has 0 amide bonds. The van der Waals surface area contributed by atoms with Crippen molar-refractivity contribution in [1.29, 1.82) is 0 Å². The maximum atomic E-state index is 4.46. The van der Waals surface area contributed by atoms with Gasteiger partial charge < -0.3 is 10.2 Å². The zero-order valence-electron chi connectivity index (χ0n) is 12.0. The predicted octanol–water partition coefficient (Wildman–Crippen LogP) is 3.54. The molecule has 1 N–H and O–H groups in total. The number of rotatable bonds is 4. The zero-order valence-corrected chi connectivity index (χ0v) is 13.6. The summed E-state index contributed by atoms with van der Waals surface area (Å²) in [5.74, 6) is 3.43. The van der Waals surface area contributed by atoms with E-state index in [2.05, 4.69) is 56.9 Å². The molecule has 1 aromatic rings. The summed E-state index contributed by atoms with van der Waals surface area (Å²) in [5, 5.41) is 3.34. The van der Waals surface area contributed by atoms with Crippen LogP contribution in [0.5, 0.6) is 0 Å². The summed E-state index contributed by atoms with van der Waals surface area (Å²) in [5.41, 5.74) is 0. The normalized spacial score (nSPS) is 23.5. The fraction of sp³-hybridized carbons (Fsp3) is 0.714. The molecule has 1 aromatic heterocycles. The molecule has 19 heavy (non-hydrogen) atoms. The number of hydrogen-bond donors (Lipinski definition) is 1. The topological polar surface area (TPSA) is 41.1 Å². The van der Waals surface area contributed by atoms with E-state index in [0.717, 1.165) is 48.1 Å². The Morgan fingerprint density at radius 1 is 1.37 bits per heavy atom. The monoisotopic (exact) mass is 326 g/mol. The number of piperidine rings is 1. The van der Waals surface area contributed by atoms with E-state index in [-0.39, 0.29) is 0 Å². The Kier molecular flexibility index (Phi) is 5.02. The van der Waals surface area contributed by atoms with Crippen molar-refractivity contribution >= 4 is 27.6 Å². The summed E-state index contributed by atoms with van der Waals surface area (Å²) in [4.78, 5) is 11.1. The van der Waals surface area contributed by atoms with Gasteiger partial charge in [0.25, 0.3) is 0 Å². The van der Waals surface area contributed by atoms with Crippen LogP contribution in [0.4, 0.5) is 11.6 Å². The van der Waals surface area contributed by atoms with E-state index >= 15 is 0 Å². The van der Waals surface area contributed by atoms with Crippen LogP contribution in [0.2, 0.25) is 0 Å². The van der Waals surface area contributed by atoms with E-state index in [1.165, 1.54) is 6.42 Å². The summed E-state index contributed by atoms with van der Waals surface area (Å²) >= 11 is 3.65. The molecule has 0 radical (unpaired) electrons. The number of anilines is 2. The van der Waals surface area contributed by atoms with Crippen LogP contribution in [0, 0.1) is 11.8 Å². The van der Waals surface area contributed by atoms with Gasteiger partial charge in [-0.25, -0.2) is 9.97 Å². The lowest BCUT2D eigenvalue weighted by atomic mass is 9.89. The van der Waals surface area contributed by atoms with Gasteiger partial charge in [-0.3, -0.25) is 0 Å². The fourth-order valence-electron chi connectivity index (χ4n) is 2.40. The summed E-state index contributed by atoms with van der Waals surface area (Å²) in [6.45, 7) is 9.89. The van der Waals surface area contributed by atoms with Gasteiger partial charge in [0, 0.05) is 19.6 Å². The lowest BCUT2D eigenvalue weighted by Gasteiger charge is -2.36. The van der Waals surface area contributed by atoms with Crippen LogP contribution in [0.25, 0.3) is 0 Å². The maximum absolute atomic E-state index is 4.46. The molecule has 106 valence electrons. The zero-order chi connectivity index (χ0) is 13.8. The van der Waals surface area contributed by atoms with Gasteiger partial charge in [0.1, 0.15) is 22.4 Å². The first kappa shape index (κ1) is 14.6. The summed E-state index contributed by atoms with van der Waals surface area (Å²) in [6, 6.07) is 0. The van der Waals surface area contributed by atoms with Gasteiger partial charge in [-0.1, -0.05) is 20.8 Å². The summed E-state index contributed by atoms with van der Waals surface area (Å²) in [6.07, 6.45) is 3.97. The first-order valence-corrected chi connectivity index (χ1v) is 7.92. The van der Waals surface area contributed by atoms with Crippen molar-refractivity contribution in [3.63, 3.8) is 0 Å². The Morgan fingerprint density at radius 3 is 2.84 bits per heavy atom. The Balaban J connectivity index is 2.16. The van der Waals surface area contributed by atoms with E-state index in [0.29, 0.717) is 5.92 Å². The SMILES string of the molecule is CCCNc1ncnc(N2CCC(C)C(C)C2)c1Br. The lowest BCUT2D eigenvalue weighted by Crippen LogP contribution is -2.39. The standard InChI is InChI=1S/C14H23BrN4/c1-4-6-16-13-12(15)14(18-9-17-13)19-7-5-10(2)11(3)8-19/h9-11H,4-8H2,1-3H3,(H,16,17,18). The molecule has 1 saturated heterocycles. The second kappa shape index (κ2) is 6.55. The molecule has 2 unspecified atom stereocenters. The predicted molar refractivity (Wildman–Crippen MR) is 83.7 cm³/mol. The molecular weight excluding hydrogens is 304 g/mol. The van der Waals surface area contributed by atoms with E-state index in [1.54, 1.807) is 6.33 Å². The van der Waals surface area contributed by atoms with Crippen LogP contribution in [-0.2, 0) is 0 Å². The molecule has 1 fully saturated rings. The largest absolute Gasteiger partial charge is 0.369 e. The van der Waals surface area contributed by atoms with Gasteiger partial charge in [0.2, 0.25) is 0 Å². The van der Waals surface area contributed by atoms with E-state index in [9.17, 15) is 0 Å². The molecule has 5 heteroatoms. The first-order valence-electron chi connectivity index (χ1n) is 7.12. The molecule has 4 nitrogen and oxygen atoms in total. The maximum Gasteiger partial charge on any atom is 0.148 e. The van der Waals surface area contributed by atoms with Gasteiger partial charge in [0.05, 0.1) is 0 Å². The van der Waals surface area contributed by atoms with Crippen LogP contribution in [0.1, 0.15) is 33.6 Å². The molecule has 1 aliphatic rings. The van der Waals surface area contributed by atoms with Crippen LogP contribution in [-0.4, -0.2) is 29.6 Å². The fourth-order valence-corrected chi connectivity index (χ4v) is 3.00.